The molecular formula is C10H18N2O. The van der Waals surface area contributed by atoms with Crippen LogP contribution in [0.1, 0.15) is 20.3 Å². The molecule has 1 rings (SSSR count). The number of hydrogen-bond donors (Lipinski definition) is 1. The van der Waals surface area contributed by atoms with Crippen LogP contribution in [0.3, 0.4) is 0 Å². The predicted molar refractivity (Wildman–Crippen MR) is 51.2 cm³/mol. The van der Waals surface area contributed by atoms with Gasteiger partial charge in [-0.25, -0.2) is 0 Å². The fraction of sp³-hybridized carbons (Fsp3) is 0.900. The summed E-state index contributed by atoms with van der Waals surface area (Å²) in [6.45, 7) is 7.37. The van der Waals surface area contributed by atoms with Crippen LogP contribution in [0.25, 0.3) is 0 Å². The highest BCUT2D eigenvalue weighted by Crippen LogP contribution is 2.25. The molecule has 1 aliphatic heterocycles. The molecule has 1 N–H and O–H groups in total. The van der Waals surface area contributed by atoms with Crippen molar-refractivity contribution in [3.05, 3.63) is 0 Å². The molecule has 0 aromatic rings. The summed E-state index contributed by atoms with van der Waals surface area (Å²) >= 11 is 0. The van der Waals surface area contributed by atoms with Crippen LogP contribution >= 0.6 is 0 Å². The van der Waals surface area contributed by atoms with E-state index in [0.717, 1.165) is 19.0 Å². The highest BCUT2D eigenvalue weighted by molar-refractivity contribution is 5.05. The molecule has 0 unspecified atom stereocenters. The van der Waals surface area contributed by atoms with E-state index in [1.54, 1.807) is 0 Å². The van der Waals surface area contributed by atoms with E-state index in [9.17, 15) is 0 Å². The average Bonchev–Trinajstić information content (AvgIpc) is 2.01. The molecule has 0 aliphatic carbocycles. The molecular weight excluding hydrogens is 164 g/mol. The van der Waals surface area contributed by atoms with Gasteiger partial charge in [0.2, 0.25) is 0 Å². The SMILES string of the molecule is CC(C)CCNCC1(C#N)COC1. The molecule has 0 aromatic heterocycles. The number of hydrogen-bond acceptors (Lipinski definition) is 3. The molecule has 1 fully saturated rings. The van der Waals surface area contributed by atoms with Gasteiger partial charge < -0.3 is 10.1 Å². The van der Waals surface area contributed by atoms with Gasteiger partial charge in [-0.05, 0) is 18.9 Å². The lowest BCUT2D eigenvalue weighted by Crippen LogP contribution is -2.48. The second-order valence-corrected chi connectivity index (χ2v) is 4.24. The van der Waals surface area contributed by atoms with Crippen molar-refractivity contribution in [2.24, 2.45) is 11.3 Å². The lowest BCUT2D eigenvalue weighted by molar-refractivity contribution is -0.0753. The third-order valence-electron chi connectivity index (χ3n) is 2.36. The Balaban J connectivity index is 2.08. The molecule has 0 saturated carbocycles. The van der Waals surface area contributed by atoms with Crippen molar-refractivity contribution in [1.29, 1.82) is 5.26 Å². The van der Waals surface area contributed by atoms with E-state index in [1.165, 1.54) is 6.42 Å². The molecule has 3 nitrogen and oxygen atoms in total. The van der Waals surface area contributed by atoms with Crippen LogP contribution in [0.2, 0.25) is 0 Å². The van der Waals surface area contributed by atoms with E-state index in [0.29, 0.717) is 13.2 Å². The van der Waals surface area contributed by atoms with Gasteiger partial charge in [-0.2, -0.15) is 5.26 Å². The van der Waals surface area contributed by atoms with Crippen molar-refractivity contribution < 1.29 is 4.74 Å². The first-order chi connectivity index (χ1) is 6.18. The molecule has 1 aliphatic rings. The molecule has 0 aromatic carbocycles. The fourth-order valence-corrected chi connectivity index (χ4v) is 1.27. The lowest BCUT2D eigenvalue weighted by atomic mass is 9.88. The molecule has 0 bridgehead atoms. The minimum Gasteiger partial charge on any atom is -0.378 e. The van der Waals surface area contributed by atoms with Crippen LogP contribution in [0.15, 0.2) is 0 Å². The molecule has 3 heteroatoms. The first-order valence-corrected chi connectivity index (χ1v) is 4.88. The van der Waals surface area contributed by atoms with Gasteiger partial charge in [-0.3, -0.25) is 0 Å². The number of nitrogens with zero attached hydrogens (tertiary/aromatic N) is 1. The van der Waals surface area contributed by atoms with E-state index in [2.05, 4.69) is 25.2 Å². The summed E-state index contributed by atoms with van der Waals surface area (Å²) in [5.41, 5.74) is -0.225. The van der Waals surface area contributed by atoms with Crippen molar-refractivity contribution in [2.75, 3.05) is 26.3 Å². The van der Waals surface area contributed by atoms with Gasteiger partial charge in [0, 0.05) is 6.54 Å². The van der Waals surface area contributed by atoms with Crippen molar-refractivity contribution in [3.63, 3.8) is 0 Å². The van der Waals surface area contributed by atoms with Gasteiger partial charge in [-0.15, -0.1) is 0 Å². The van der Waals surface area contributed by atoms with Crippen LogP contribution in [-0.4, -0.2) is 26.3 Å². The van der Waals surface area contributed by atoms with Crippen LogP contribution in [0, 0.1) is 22.7 Å². The summed E-state index contributed by atoms with van der Waals surface area (Å²) in [7, 11) is 0. The minimum atomic E-state index is -0.225. The van der Waals surface area contributed by atoms with Crippen LogP contribution in [0.4, 0.5) is 0 Å². The third-order valence-corrected chi connectivity index (χ3v) is 2.36. The van der Waals surface area contributed by atoms with Gasteiger partial charge in [-0.1, -0.05) is 13.8 Å². The quantitative estimate of drug-likeness (QED) is 0.649. The lowest BCUT2D eigenvalue weighted by Gasteiger charge is -2.35. The summed E-state index contributed by atoms with van der Waals surface area (Å²) < 4.78 is 5.04. The zero-order valence-corrected chi connectivity index (χ0v) is 8.47. The molecule has 1 heterocycles. The molecule has 0 atom stereocenters. The number of nitriles is 1. The predicted octanol–water partition coefficient (Wildman–Crippen LogP) is 1.16. The summed E-state index contributed by atoms with van der Waals surface area (Å²) in [4.78, 5) is 0. The number of ether oxygens (including phenoxy) is 1. The Hall–Kier alpha value is -0.590. The minimum absolute atomic E-state index is 0.225. The first kappa shape index (κ1) is 10.5. The third kappa shape index (κ3) is 2.98. The second kappa shape index (κ2) is 4.59. The summed E-state index contributed by atoms with van der Waals surface area (Å²) in [5.74, 6) is 0.725. The van der Waals surface area contributed by atoms with E-state index < -0.39 is 0 Å². The van der Waals surface area contributed by atoms with Crippen LogP contribution in [0.5, 0.6) is 0 Å². The zero-order valence-electron chi connectivity index (χ0n) is 8.47. The Bertz CT molecular complexity index is 192. The maximum Gasteiger partial charge on any atom is 0.116 e. The second-order valence-electron chi connectivity index (χ2n) is 4.24. The molecule has 0 amide bonds. The Labute approximate surface area is 80.1 Å². The summed E-state index contributed by atoms with van der Waals surface area (Å²) in [5, 5.41) is 12.2. The largest absolute Gasteiger partial charge is 0.378 e. The standard InChI is InChI=1S/C10H18N2O/c1-9(2)3-4-12-6-10(5-11)7-13-8-10/h9,12H,3-4,6-8H2,1-2H3. The van der Waals surface area contributed by atoms with E-state index in [1.807, 2.05) is 0 Å². The number of nitrogens with one attached hydrogen (secondary N) is 1. The molecule has 0 radical (unpaired) electrons. The molecule has 13 heavy (non-hydrogen) atoms. The fourth-order valence-electron chi connectivity index (χ4n) is 1.27. The summed E-state index contributed by atoms with van der Waals surface area (Å²) in [6.07, 6.45) is 1.17. The molecule has 0 spiro atoms. The Kier molecular flexibility index (Phi) is 3.71. The first-order valence-electron chi connectivity index (χ1n) is 4.88. The Morgan fingerprint density at radius 1 is 1.54 bits per heavy atom. The Morgan fingerprint density at radius 2 is 2.23 bits per heavy atom. The molecule has 1 saturated heterocycles. The highest BCUT2D eigenvalue weighted by Gasteiger charge is 2.38. The van der Waals surface area contributed by atoms with Crippen LogP contribution in [-0.2, 0) is 4.74 Å². The highest BCUT2D eigenvalue weighted by atomic mass is 16.5. The van der Waals surface area contributed by atoms with Gasteiger partial charge in [0.25, 0.3) is 0 Å². The van der Waals surface area contributed by atoms with Gasteiger partial charge in [0.15, 0.2) is 0 Å². The van der Waals surface area contributed by atoms with Crippen molar-refractivity contribution in [2.45, 2.75) is 20.3 Å². The maximum atomic E-state index is 8.88. The van der Waals surface area contributed by atoms with Crippen LogP contribution < -0.4 is 5.32 Å². The smallest absolute Gasteiger partial charge is 0.116 e. The van der Waals surface area contributed by atoms with E-state index in [4.69, 9.17) is 10.00 Å². The summed E-state index contributed by atoms with van der Waals surface area (Å²) in [6, 6.07) is 2.32. The maximum absolute atomic E-state index is 8.88. The Morgan fingerprint density at radius 3 is 2.62 bits per heavy atom. The van der Waals surface area contributed by atoms with E-state index in [-0.39, 0.29) is 5.41 Å². The average molecular weight is 182 g/mol. The van der Waals surface area contributed by atoms with Gasteiger partial charge >= 0.3 is 0 Å². The normalized spacial score (nSPS) is 19.5. The zero-order chi connectivity index (χ0) is 9.73. The van der Waals surface area contributed by atoms with Crippen molar-refractivity contribution in [3.8, 4) is 6.07 Å². The van der Waals surface area contributed by atoms with Gasteiger partial charge in [0.05, 0.1) is 19.3 Å². The number of rotatable bonds is 5. The van der Waals surface area contributed by atoms with Gasteiger partial charge in [0.1, 0.15) is 5.41 Å². The van der Waals surface area contributed by atoms with Crippen molar-refractivity contribution in [1.82, 2.24) is 5.32 Å². The monoisotopic (exact) mass is 182 g/mol. The van der Waals surface area contributed by atoms with E-state index >= 15 is 0 Å². The topological polar surface area (TPSA) is 45.0 Å². The van der Waals surface area contributed by atoms with Crippen molar-refractivity contribution >= 4 is 0 Å². The molecule has 74 valence electrons.